The largest absolute Gasteiger partial charge is 0.390 e. The van der Waals surface area contributed by atoms with Gasteiger partial charge in [0.1, 0.15) is 6.04 Å². The summed E-state index contributed by atoms with van der Waals surface area (Å²) in [6, 6.07) is 23.5. The van der Waals surface area contributed by atoms with Crippen molar-refractivity contribution in [3.63, 3.8) is 0 Å². The van der Waals surface area contributed by atoms with Crippen molar-refractivity contribution in [3.05, 3.63) is 113 Å². The van der Waals surface area contributed by atoms with E-state index in [1.807, 2.05) is 25.1 Å². The topological polar surface area (TPSA) is 108 Å². The Kier molecular flexibility index (Phi) is 12.9. The van der Waals surface area contributed by atoms with Gasteiger partial charge in [-0.3, -0.25) is 4.79 Å². The number of aryl methyl sites for hydroxylation is 3. The van der Waals surface area contributed by atoms with Gasteiger partial charge in [0.05, 0.1) is 16.8 Å². The lowest BCUT2D eigenvalue weighted by Gasteiger charge is -2.21. The molecular formula is C31H41N3O4S. The third kappa shape index (κ3) is 12.3. The van der Waals surface area contributed by atoms with Crippen molar-refractivity contribution in [1.29, 1.82) is 0 Å². The summed E-state index contributed by atoms with van der Waals surface area (Å²) in [5, 5.41) is 18.8. The van der Waals surface area contributed by atoms with Gasteiger partial charge in [-0.1, -0.05) is 90.0 Å². The number of aliphatic hydroxyl groups is 1. The second-order valence-electron chi connectivity index (χ2n) is 9.75. The summed E-state index contributed by atoms with van der Waals surface area (Å²) in [7, 11) is -3.68. The molecule has 0 saturated carbocycles. The number of rotatable bonds is 12. The maximum atomic E-state index is 12.7. The summed E-state index contributed by atoms with van der Waals surface area (Å²) in [6.45, 7) is 12.5. The molecule has 0 heterocycles. The van der Waals surface area contributed by atoms with Crippen molar-refractivity contribution in [2.75, 3.05) is 18.8 Å². The van der Waals surface area contributed by atoms with E-state index in [9.17, 15) is 18.3 Å². The molecule has 1 amide bonds. The highest BCUT2D eigenvalue weighted by Gasteiger charge is 2.27. The molecule has 0 aliphatic rings. The monoisotopic (exact) mass is 551 g/mol. The number of carbonyl (C=O) groups excluding carboxylic acids is 1. The Hall–Kier alpha value is -3.46. The van der Waals surface area contributed by atoms with Crippen LogP contribution >= 0.6 is 0 Å². The van der Waals surface area contributed by atoms with Gasteiger partial charge in [0, 0.05) is 25.3 Å². The minimum atomic E-state index is -3.68. The van der Waals surface area contributed by atoms with E-state index in [1.54, 1.807) is 25.1 Å². The number of sulfone groups is 1. The van der Waals surface area contributed by atoms with Gasteiger partial charge in [-0.2, -0.15) is 0 Å². The molecule has 4 N–H and O–H groups in total. The molecule has 0 saturated heterocycles. The standard InChI is InChI=1S/C23H31N3O4S.C8H10/c1-17(2)26-22(16-31(29,30)21-10-5-4-6-11-21)23(28)25-15-20(27)14-24-13-19-9-7-8-18(3)12-19;1-7-4-3-5-8(2)6-7/h4-12,20,22,24,26-27H,1,13-16H2,2-3H3,(H,25,28);3-6H,1-2H3. The van der Waals surface area contributed by atoms with Crippen LogP contribution in [0.3, 0.4) is 0 Å². The average molecular weight is 552 g/mol. The Morgan fingerprint density at radius 3 is 2.00 bits per heavy atom. The van der Waals surface area contributed by atoms with E-state index in [4.69, 9.17) is 0 Å². The first-order valence-corrected chi connectivity index (χ1v) is 14.6. The van der Waals surface area contributed by atoms with Gasteiger partial charge in [0.25, 0.3) is 0 Å². The Labute approximate surface area is 233 Å². The fourth-order valence-electron chi connectivity index (χ4n) is 3.85. The summed E-state index contributed by atoms with van der Waals surface area (Å²) in [5.74, 6) is -0.933. The lowest BCUT2D eigenvalue weighted by molar-refractivity contribution is -0.122. The molecule has 0 spiro atoms. The average Bonchev–Trinajstić information content (AvgIpc) is 2.87. The van der Waals surface area contributed by atoms with E-state index >= 15 is 0 Å². The van der Waals surface area contributed by atoms with Crippen molar-refractivity contribution < 1.29 is 18.3 Å². The van der Waals surface area contributed by atoms with Crippen LogP contribution in [0.25, 0.3) is 0 Å². The number of benzene rings is 3. The van der Waals surface area contributed by atoms with E-state index in [-0.39, 0.29) is 18.0 Å². The molecule has 0 aliphatic carbocycles. The lowest BCUT2D eigenvalue weighted by Crippen LogP contribution is -2.49. The zero-order valence-electron chi connectivity index (χ0n) is 23.3. The Bertz CT molecular complexity index is 1290. The van der Waals surface area contributed by atoms with Crippen molar-refractivity contribution in [1.82, 2.24) is 16.0 Å². The molecule has 0 bridgehead atoms. The highest BCUT2D eigenvalue weighted by Crippen LogP contribution is 2.12. The van der Waals surface area contributed by atoms with Gasteiger partial charge >= 0.3 is 0 Å². The predicted molar refractivity (Wildman–Crippen MR) is 158 cm³/mol. The molecule has 210 valence electrons. The first-order chi connectivity index (χ1) is 18.5. The van der Waals surface area contributed by atoms with Gasteiger partial charge in [-0.25, -0.2) is 8.42 Å². The van der Waals surface area contributed by atoms with Crippen LogP contribution in [0.4, 0.5) is 0 Å². The van der Waals surface area contributed by atoms with Crippen LogP contribution in [0.5, 0.6) is 0 Å². The third-order valence-corrected chi connectivity index (χ3v) is 7.47. The smallest absolute Gasteiger partial charge is 0.243 e. The summed E-state index contributed by atoms with van der Waals surface area (Å²) in [4.78, 5) is 12.8. The molecular weight excluding hydrogens is 510 g/mol. The van der Waals surface area contributed by atoms with Gasteiger partial charge in [0.2, 0.25) is 5.91 Å². The summed E-state index contributed by atoms with van der Waals surface area (Å²) < 4.78 is 25.3. The second kappa shape index (κ2) is 15.8. The zero-order valence-corrected chi connectivity index (χ0v) is 24.1. The van der Waals surface area contributed by atoms with Crippen molar-refractivity contribution in [2.45, 2.75) is 51.3 Å². The molecule has 39 heavy (non-hydrogen) atoms. The predicted octanol–water partition coefficient (Wildman–Crippen LogP) is 3.83. The van der Waals surface area contributed by atoms with Crippen molar-refractivity contribution in [3.8, 4) is 0 Å². The van der Waals surface area contributed by atoms with Crippen LogP contribution in [0, 0.1) is 20.8 Å². The Balaban J connectivity index is 0.000000568. The maximum absolute atomic E-state index is 12.7. The van der Waals surface area contributed by atoms with E-state index in [2.05, 4.69) is 66.7 Å². The first-order valence-electron chi connectivity index (χ1n) is 12.9. The normalized spacial score (nSPS) is 12.4. The van der Waals surface area contributed by atoms with E-state index in [0.29, 0.717) is 12.2 Å². The molecule has 7 nitrogen and oxygen atoms in total. The summed E-state index contributed by atoms with van der Waals surface area (Å²) >= 11 is 0. The number of hydrogen-bond acceptors (Lipinski definition) is 6. The van der Waals surface area contributed by atoms with Crippen LogP contribution < -0.4 is 16.0 Å². The highest BCUT2D eigenvalue weighted by atomic mass is 32.2. The zero-order chi connectivity index (χ0) is 28.8. The molecule has 0 radical (unpaired) electrons. The van der Waals surface area contributed by atoms with Gasteiger partial charge in [-0.15, -0.1) is 0 Å². The van der Waals surface area contributed by atoms with Gasteiger partial charge in [-0.05, 0) is 45.4 Å². The number of allylic oxidation sites excluding steroid dienone is 1. The van der Waals surface area contributed by atoms with Crippen LogP contribution in [0.15, 0.2) is 96.0 Å². The number of aliphatic hydroxyl groups excluding tert-OH is 1. The molecule has 8 heteroatoms. The molecule has 2 atom stereocenters. The Morgan fingerprint density at radius 1 is 0.872 bits per heavy atom. The SMILES string of the molecule is C=C(C)NC(CS(=O)(=O)c1ccccc1)C(=O)NCC(O)CNCc1cccc(C)c1.Cc1cccc(C)c1. The molecule has 3 rings (SSSR count). The molecule has 3 aromatic carbocycles. The van der Waals surface area contributed by atoms with Gasteiger partial charge < -0.3 is 21.1 Å². The molecule has 0 fully saturated rings. The summed E-state index contributed by atoms with van der Waals surface area (Å²) in [6.07, 6.45) is -0.815. The second-order valence-corrected chi connectivity index (χ2v) is 11.8. The third-order valence-electron chi connectivity index (χ3n) is 5.70. The number of hydrogen-bond donors (Lipinski definition) is 4. The maximum Gasteiger partial charge on any atom is 0.243 e. The lowest BCUT2D eigenvalue weighted by atomic mass is 10.1. The van der Waals surface area contributed by atoms with Gasteiger partial charge in [0.15, 0.2) is 9.84 Å². The van der Waals surface area contributed by atoms with Crippen LogP contribution in [-0.2, 0) is 21.2 Å². The summed E-state index contributed by atoms with van der Waals surface area (Å²) in [5.41, 5.74) is 5.42. The van der Waals surface area contributed by atoms with E-state index in [1.165, 1.54) is 23.3 Å². The minimum Gasteiger partial charge on any atom is -0.390 e. The quantitative estimate of drug-likeness (QED) is 0.273. The number of carbonyl (C=O) groups is 1. The number of nitrogens with one attached hydrogen (secondary N) is 3. The first kappa shape index (κ1) is 31.8. The van der Waals surface area contributed by atoms with Crippen LogP contribution in [-0.4, -0.2) is 50.4 Å². The highest BCUT2D eigenvalue weighted by molar-refractivity contribution is 7.91. The molecule has 0 aliphatic heterocycles. The Morgan fingerprint density at radius 2 is 1.46 bits per heavy atom. The van der Waals surface area contributed by atoms with Crippen LogP contribution in [0.1, 0.15) is 29.2 Å². The number of amides is 1. The van der Waals surface area contributed by atoms with Crippen molar-refractivity contribution >= 4 is 15.7 Å². The molecule has 3 aromatic rings. The fourth-order valence-corrected chi connectivity index (χ4v) is 5.29. The molecule has 0 aromatic heterocycles. The van der Waals surface area contributed by atoms with Crippen LogP contribution in [0.2, 0.25) is 0 Å². The molecule has 2 unspecified atom stereocenters. The van der Waals surface area contributed by atoms with Crippen molar-refractivity contribution in [2.24, 2.45) is 0 Å². The minimum absolute atomic E-state index is 0.000589. The van der Waals surface area contributed by atoms with E-state index < -0.39 is 33.6 Å². The van der Waals surface area contributed by atoms with E-state index in [0.717, 1.165) is 11.1 Å². The fraction of sp³-hybridized carbons (Fsp3) is 0.323.